The highest BCUT2D eigenvalue weighted by Crippen LogP contribution is 2.23. The molecule has 202 valence electrons. The number of ether oxygens (including phenoxy) is 1. The van der Waals surface area contributed by atoms with E-state index in [2.05, 4.69) is 20.7 Å². The second-order valence-corrected chi connectivity index (χ2v) is 9.02. The summed E-state index contributed by atoms with van der Waals surface area (Å²) in [7, 11) is -0.483. The Balaban J connectivity index is 1.90. The van der Waals surface area contributed by atoms with Gasteiger partial charge in [-0.15, -0.1) is 0 Å². The number of benzene rings is 1. The van der Waals surface area contributed by atoms with Gasteiger partial charge in [-0.2, -0.15) is 0 Å². The number of hydrogen-bond acceptors (Lipinski definition) is 9. The summed E-state index contributed by atoms with van der Waals surface area (Å²) in [5.74, 6) is -3.79. The minimum absolute atomic E-state index is 0.130. The van der Waals surface area contributed by atoms with Crippen molar-refractivity contribution in [1.29, 1.82) is 0 Å². The van der Waals surface area contributed by atoms with Crippen LogP contribution < -0.4 is 16.0 Å². The third kappa shape index (κ3) is 9.27. The van der Waals surface area contributed by atoms with Gasteiger partial charge >= 0.3 is 13.1 Å². The Bertz CT molecular complexity index is 961. The van der Waals surface area contributed by atoms with Crippen LogP contribution >= 0.6 is 0 Å². The highest BCUT2D eigenvalue weighted by atomic mass is 16.5. The standard InChI is InChI=1S/C24H35BN4O8/c1-15(26-20(30)11-12-21(31)37-3)22(32)27-16(2)23(33)28-24(34)18-10-7-13-29(18)19(25(35)36)14-17-8-5-4-6-9-17/h4-6,8-9,15-16,18-19,35-36H,7,10-14H2,1-3H3,(H,26,30)(H,27,32)(H,28,33,34)/t15-,16-,18-,19?/m0/s1. The summed E-state index contributed by atoms with van der Waals surface area (Å²) >= 11 is 0. The molecule has 0 spiro atoms. The van der Waals surface area contributed by atoms with Crippen LogP contribution in [0, 0.1) is 0 Å². The second kappa shape index (κ2) is 14.5. The first kappa shape index (κ1) is 29.9. The average Bonchev–Trinajstić information content (AvgIpc) is 3.35. The smallest absolute Gasteiger partial charge is 0.469 e. The molecule has 13 heteroatoms. The average molecular weight is 518 g/mol. The summed E-state index contributed by atoms with van der Waals surface area (Å²) in [5, 5.41) is 27.2. The molecule has 1 unspecified atom stereocenters. The Hall–Kier alpha value is -3.29. The van der Waals surface area contributed by atoms with Gasteiger partial charge < -0.3 is 25.4 Å². The van der Waals surface area contributed by atoms with Crippen molar-refractivity contribution in [3.8, 4) is 0 Å². The van der Waals surface area contributed by atoms with Crippen molar-refractivity contribution in [2.45, 2.75) is 70.0 Å². The van der Waals surface area contributed by atoms with Gasteiger partial charge in [0.1, 0.15) is 12.1 Å². The highest BCUT2D eigenvalue weighted by molar-refractivity contribution is 6.43. The largest absolute Gasteiger partial charge is 0.470 e. The quantitative estimate of drug-likeness (QED) is 0.166. The van der Waals surface area contributed by atoms with Crippen molar-refractivity contribution in [3.63, 3.8) is 0 Å². The number of rotatable bonds is 12. The van der Waals surface area contributed by atoms with Crippen LogP contribution in [-0.4, -0.2) is 89.4 Å². The minimum atomic E-state index is -1.69. The summed E-state index contributed by atoms with van der Waals surface area (Å²) in [6, 6.07) is 6.45. The number of hydrogen-bond donors (Lipinski definition) is 5. The molecule has 1 aromatic rings. The Kier molecular flexibility index (Phi) is 11.7. The SMILES string of the molecule is COC(=O)CCC(=O)N[C@@H](C)C(=O)N[C@@H](C)C(=O)NC(=O)[C@@H]1CCCN1C(Cc1ccccc1)B(O)O. The molecule has 0 saturated carbocycles. The first-order valence-corrected chi connectivity index (χ1v) is 12.2. The fourth-order valence-electron chi connectivity index (χ4n) is 4.13. The number of carbonyl (C=O) groups is 5. The maximum atomic E-state index is 12.9. The fraction of sp³-hybridized carbons (Fsp3) is 0.542. The van der Waals surface area contributed by atoms with E-state index in [1.54, 1.807) is 4.90 Å². The maximum Gasteiger partial charge on any atom is 0.470 e. The minimum Gasteiger partial charge on any atom is -0.469 e. The van der Waals surface area contributed by atoms with Gasteiger partial charge in [0.25, 0.3) is 0 Å². The molecule has 0 radical (unpaired) electrons. The van der Waals surface area contributed by atoms with Crippen molar-refractivity contribution in [1.82, 2.24) is 20.9 Å². The van der Waals surface area contributed by atoms with Gasteiger partial charge in [0.15, 0.2) is 0 Å². The van der Waals surface area contributed by atoms with Crippen molar-refractivity contribution < 1.29 is 38.8 Å². The lowest BCUT2D eigenvalue weighted by Crippen LogP contribution is -2.57. The van der Waals surface area contributed by atoms with E-state index in [-0.39, 0.29) is 12.8 Å². The van der Waals surface area contributed by atoms with E-state index in [0.717, 1.165) is 5.56 Å². The molecule has 37 heavy (non-hydrogen) atoms. The summed E-state index contributed by atoms with van der Waals surface area (Å²) in [6.45, 7) is 3.28. The zero-order valence-electron chi connectivity index (χ0n) is 21.3. The molecule has 1 aliphatic heterocycles. The van der Waals surface area contributed by atoms with Gasteiger partial charge in [0.2, 0.25) is 23.6 Å². The molecule has 2 rings (SSSR count). The lowest BCUT2D eigenvalue weighted by atomic mass is 9.74. The number of esters is 1. The van der Waals surface area contributed by atoms with Crippen LogP contribution in [0.1, 0.15) is 45.1 Å². The molecular formula is C24H35BN4O8. The predicted molar refractivity (Wildman–Crippen MR) is 133 cm³/mol. The Morgan fingerprint density at radius 1 is 1.03 bits per heavy atom. The molecule has 4 atom stereocenters. The van der Waals surface area contributed by atoms with Crippen LogP contribution in [0.15, 0.2) is 30.3 Å². The number of methoxy groups -OCH3 is 1. The van der Waals surface area contributed by atoms with Crippen LogP contribution in [-0.2, 0) is 35.1 Å². The van der Waals surface area contributed by atoms with Crippen molar-refractivity contribution in [2.75, 3.05) is 13.7 Å². The van der Waals surface area contributed by atoms with Gasteiger partial charge in [0, 0.05) is 12.4 Å². The molecule has 0 aliphatic carbocycles. The van der Waals surface area contributed by atoms with E-state index in [4.69, 9.17) is 0 Å². The van der Waals surface area contributed by atoms with E-state index in [9.17, 15) is 34.0 Å². The third-order valence-corrected chi connectivity index (χ3v) is 6.21. The molecular weight excluding hydrogens is 483 g/mol. The zero-order chi connectivity index (χ0) is 27.5. The lowest BCUT2D eigenvalue weighted by Gasteiger charge is -2.32. The van der Waals surface area contributed by atoms with Crippen LogP contribution in [0.4, 0.5) is 0 Å². The third-order valence-electron chi connectivity index (χ3n) is 6.21. The monoisotopic (exact) mass is 518 g/mol. The van der Waals surface area contributed by atoms with Crippen LogP contribution in [0.5, 0.6) is 0 Å². The molecule has 0 aromatic heterocycles. The van der Waals surface area contributed by atoms with Crippen molar-refractivity contribution in [3.05, 3.63) is 35.9 Å². The normalized spacial score (nSPS) is 17.7. The topological polar surface area (TPSA) is 174 Å². The van der Waals surface area contributed by atoms with E-state index in [1.165, 1.54) is 21.0 Å². The summed E-state index contributed by atoms with van der Waals surface area (Å²) in [6.07, 6.45) is 1.11. The van der Waals surface area contributed by atoms with Gasteiger partial charge in [0.05, 0.1) is 19.6 Å². The molecule has 1 fully saturated rings. The molecule has 0 bridgehead atoms. The molecule has 4 amide bonds. The van der Waals surface area contributed by atoms with E-state index < -0.39 is 60.8 Å². The Labute approximate surface area is 216 Å². The predicted octanol–water partition coefficient (Wildman–Crippen LogP) is -1.32. The van der Waals surface area contributed by atoms with E-state index >= 15 is 0 Å². The second-order valence-electron chi connectivity index (χ2n) is 9.02. The number of carbonyl (C=O) groups excluding carboxylic acids is 5. The molecule has 1 saturated heterocycles. The summed E-state index contributed by atoms with van der Waals surface area (Å²) in [5.41, 5.74) is 0.880. The Morgan fingerprint density at radius 3 is 2.30 bits per heavy atom. The van der Waals surface area contributed by atoms with Crippen LogP contribution in [0.2, 0.25) is 0 Å². The van der Waals surface area contributed by atoms with Gasteiger partial charge in [-0.05, 0) is 45.2 Å². The van der Waals surface area contributed by atoms with Gasteiger partial charge in [-0.25, -0.2) is 0 Å². The van der Waals surface area contributed by atoms with E-state index in [0.29, 0.717) is 25.8 Å². The number of nitrogens with one attached hydrogen (secondary N) is 3. The molecule has 1 heterocycles. The molecule has 1 aliphatic rings. The van der Waals surface area contributed by atoms with Crippen molar-refractivity contribution in [2.24, 2.45) is 0 Å². The lowest BCUT2D eigenvalue weighted by molar-refractivity contribution is -0.142. The van der Waals surface area contributed by atoms with Crippen molar-refractivity contribution >= 4 is 36.7 Å². The van der Waals surface area contributed by atoms with Crippen LogP contribution in [0.25, 0.3) is 0 Å². The van der Waals surface area contributed by atoms with Gasteiger partial charge in [-0.1, -0.05) is 30.3 Å². The first-order chi connectivity index (χ1) is 17.5. The summed E-state index contributed by atoms with van der Waals surface area (Å²) < 4.78 is 4.46. The zero-order valence-corrected chi connectivity index (χ0v) is 21.3. The molecule has 12 nitrogen and oxygen atoms in total. The van der Waals surface area contributed by atoms with Gasteiger partial charge in [-0.3, -0.25) is 34.2 Å². The Morgan fingerprint density at radius 2 is 1.68 bits per heavy atom. The fourth-order valence-corrected chi connectivity index (χ4v) is 4.13. The molecule has 1 aromatic carbocycles. The highest BCUT2D eigenvalue weighted by Gasteiger charge is 2.41. The maximum absolute atomic E-state index is 12.9. The molecule has 5 N–H and O–H groups in total. The number of amides is 4. The number of nitrogens with zero attached hydrogens (tertiary/aromatic N) is 1. The summed E-state index contributed by atoms with van der Waals surface area (Å²) in [4.78, 5) is 62.6. The number of likely N-dealkylation sites (tertiary alicyclic amines) is 1. The number of imide groups is 1. The first-order valence-electron chi connectivity index (χ1n) is 12.2. The van der Waals surface area contributed by atoms with E-state index in [1.807, 2.05) is 30.3 Å². The van der Waals surface area contributed by atoms with Crippen LogP contribution in [0.3, 0.4) is 0 Å².